The third kappa shape index (κ3) is 2.73. The van der Waals surface area contributed by atoms with E-state index in [9.17, 15) is 4.39 Å². The van der Waals surface area contributed by atoms with E-state index in [1.807, 2.05) is 19.1 Å². The molecule has 2 rings (SSSR count). The second kappa shape index (κ2) is 5.27. The van der Waals surface area contributed by atoms with Gasteiger partial charge >= 0.3 is 0 Å². The number of rotatable bonds is 4. The van der Waals surface area contributed by atoms with Crippen molar-refractivity contribution in [2.45, 2.75) is 33.9 Å². The maximum Gasteiger partial charge on any atom is 0.129 e. The lowest BCUT2D eigenvalue weighted by Gasteiger charge is -2.07. The van der Waals surface area contributed by atoms with Crippen molar-refractivity contribution in [3.8, 4) is 0 Å². The largest absolute Gasteiger partial charge is 0.307 e. The van der Waals surface area contributed by atoms with E-state index in [0.29, 0.717) is 24.2 Å². The number of halogens is 1. The minimum absolute atomic E-state index is 0.129. The Morgan fingerprint density at radius 1 is 1.11 bits per heavy atom. The summed E-state index contributed by atoms with van der Waals surface area (Å²) in [6.45, 7) is 6.65. The first kappa shape index (κ1) is 12.7. The van der Waals surface area contributed by atoms with Crippen LogP contribution >= 0.6 is 0 Å². The van der Waals surface area contributed by atoms with Gasteiger partial charge < -0.3 is 5.32 Å². The van der Waals surface area contributed by atoms with Gasteiger partial charge in [0.15, 0.2) is 0 Å². The molecule has 2 aromatic rings. The van der Waals surface area contributed by atoms with E-state index in [4.69, 9.17) is 0 Å². The van der Waals surface area contributed by atoms with E-state index < -0.39 is 0 Å². The van der Waals surface area contributed by atoms with Gasteiger partial charge in [-0.2, -0.15) is 0 Å². The highest BCUT2D eigenvalue weighted by Gasteiger charge is 2.06. The lowest BCUT2D eigenvalue weighted by atomic mass is 10.1. The van der Waals surface area contributed by atoms with Crippen LogP contribution in [0.25, 0.3) is 0 Å². The van der Waals surface area contributed by atoms with Gasteiger partial charge in [-0.15, -0.1) is 0 Å². The van der Waals surface area contributed by atoms with E-state index in [-0.39, 0.29) is 5.82 Å². The minimum atomic E-state index is -0.129. The molecular weight excluding hydrogens is 233 g/mol. The molecule has 0 spiro atoms. The molecule has 0 radical (unpaired) electrons. The van der Waals surface area contributed by atoms with Crippen LogP contribution in [0.3, 0.4) is 0 Å². The Morgan fingerprint density at radius 3 is 2.33 bits per heavy atom. The van der Waals surface area contributed by atoms with Gasteiger partial charge in [-0.1, -0.05) is 22.4 Å². The Hall–Kier alpha value is -1.75. The molecule has 1 N–H and O–H groups in total. The van der Waals surface area contributed by atoms with Crippen molar-refractivity contribution < 1.29 is 9.02 Å². The van der Waals surface area contributed by atoms with Crippen LogP contribution in [0.15, 0.2) is 16.8 Å². The predicted octanol–water partition coefficient (Wildman–Crippen LogP) is 2.42. The number of aryl methyl sites for hydroxylation is 3. The third-order valence-corrected chi connectivity index (χ3v) is 2.86. The SMILES string of the molecule is Cc1cc(CNCc2nonc2C)cc(C)c1F. The normalized spacial score (nSPS) is 10.9. The number of hydrogen-bond acceptors (Lipinski definition) is 4. The zero-order valence-electron chi connectivity index (χ0n) is 10.7. The lowest BCUT2D eigenvalue weighted by molar-refractivity contribution is 0.300. The quantitative estimate of drug-likeness (QED) is 0.904. The smallest absolute Gasteiger partial charge is 0.129 e. The third-order valence-electron chi connectivity index (χ3n) is 2.86. The molecule has 0 fully saturated rings. The number of benzene rings is 1. The molecule has 0 aliphatic rings. The molecule has 0 atom stereocenters. The first-order valence-corrected chi connectivity index (χ1v) is 5.82. The molecule has 0 aliphatic heterocycles. The summed E-state index contributed by atoms with van der Waals surface area (Å²) in [7, 11) is 0. The second-order valence-electron chi connectivity index (χ2n) is 4.44. The number of nitrogens with one attached hydrogen (secondary N) is 1. The summed E-state index contributed by atoms with van der Waals surface area (Å²) >= 11 is 0. The van der Waals surface area contributed by atoms with Crippen LogP contribution in [0, 0.1) is 26.6 Å². The molecule has 96 valence electrons. The van der Waals surface area contributed by atoms with Crippen molar-refractivity contribution in [3.63, 3.8) is 0 Å². The van der Waals surface area contributed by atoms with Crippen LogP contribution in [-0.4, -0.2) is 10.3 Å². The summed E-state index contributed by atoms with van der Waals surface area (Å²) in [4.78, 5) is 0. The van der Waals surface area contributed by atoms with Crippen molar-refractivity contribution in [2.75, 3.05) is 0 Å². The molecule has 1 aromatic heterocycles. The summed E-state index contributed by atoms with van der Waals surface area (Å²) in [5, 5.41) is 10.7. The second-order valence-corrected chi connectivity index (χ2v) is 4.44. The summed E-state index contributed by atoms with van der Waals surface area (Å²) in [6.07, 6.45) is 0. The summed E-state index contributed by atoms with van der Waals surface area (Å²) in [6, 6.07) is 3.70. The Labute approximate surface area is 105 Å². The van der Waals surface area contributed by atoms with Crippen LogP contribution in [0.5, 0.6) is 0 Å². The predicted molar refractivity (Wildman–Crippen MR) is 65.5 cm³/mol. The highest BCUT2D eigenvalue weighted by atomic mass is 19.1. The van der Waals surface area contributed by atoms with Gasteiger partial charge in [-0.25, -0.2) is 9.02 Å². The van der Waals surface area contributed by atoms with Crippen LogP contribution in [0.4, 0.5) is 4.39 Å². The maximum absolute atomic E-state index is 13.5. The van der Waals surface area contributed by atoms with Gasteiger partial charge in [-0.05, 0) is 37.5 Å². The van der Waals surface area contributed by atoms with Crippen molar-refractivity contribution in [2.24, 2.45) is 0 Å². The van der Waals surface area contributed by atoms with E-state index in [2.05, 4.69) is 20.3 Å². The molecular formula is C13H16FN3O. The first-order valence-electron chi connectivity index (χ1n) is 5.82. The fourth-order valence-electron chi connectivity index (χ4n) is 1.87. The molecule has 0 unspecified atom stereocenters. The van der Waals surface area contributed by atoms with Crippen LogP contribution < -0.4 is 5.32 Å². The number of aromatic nitrogens is 2. The van der Waals surface area contributed by atoms with Gasteiger partial charge in [0.2, 0.25) is 0 Å². The molecule has 1 aromatic carbocycles. The first-order chi connectivity index (χ1) is 8.58. The van der Waals surface area contributed by atoms with Crippen LogP contribution in [0.2, 0.25) is 0 Å². The molecule has 0 saturated heterocycles. The van der Waals surface area contributed by atoms with Gasteiger partial charge in [0.1, 0.15) is 17.2 Å². The van der Waals surface area contributed by atoms with Crippen molar-refractivity contribution >= 4 is 0 Å². The average Bonchev–Trinajstić information content (AvgIpc) is 2.72. The van der Waals surface area contributed by atoms with E-state index in [1.54, 1.807) is 13.8 Å². The standard InChI is InChI=1S/C13H16FN3O/c1-8-4-11(5-9(2)13(8)14)6-15-7-12-10(3)16-18-17-12/h4-5,15H,6-7H2,1-3H3. The van der Waals surface area contributed by atoms with Gasteiger partial charge in [0.25, 0.3) is 0 Å². The van der Waals surface area contributed by atoms with Gasteiger partial charge in [-0.3, -0.25) is 0 Å². The monoisotopic (exact) mass is 249 g/mol. The molecule has 1 heterocycles. The lowest BCUT2D eigenvalue weighted by Crippen LogP contribution is -2.14. The Morgan fingerprint density at radius 2 is 1.78 bits per heavy atom. The van der Waals surface area contributed by atoms with Crippen molar-refractivity contribution in [1.82, 2.24) is 15.6 Å². The Kier molecular flexibility index (Phi) is 3.72. The van der Waals surface area contributed by atoms with Crippen molar-refractivity contribution in [3.05, 3.63) is 46.0 Å². The summed E-state index contributed by atoms with van der Waals surface area (Å²) < 4.78 is 18.1. The molecule has 18 heavy (non-hydrogen) atoms. The molecule has 0 bridgehead atoms. The number of hydrogen-bond donors (Lipinski definition) is 1. The molecule has 0 amide bonds. The fraction of sp³-hybridized carbons (Fsp3) is 0.385. The Balaban J connectivity index is 1.97. The summed E-state index contributed by atoms with van der Waals surface area (Å²) in [5.41, 5.74) is 3.98. The molecule has 0 saturated carbocycles. The van der Waals surface area contributed by atoms with Gasteiger partial charge in [0.05, 0.1) is 0 Å². The highest BCUT2D eigenvalue weighted by Crippen LogP contribution is 2.14. The molecule has 4 nitrogen and oxygen atoms in total. The maximum atomic E-state index is 13.5. The zero-order chi connectivity index (χ0) is 13.1. The summed E-state index contributed by atoms with van der Waals surface area (Å²) in [5.74, 6) is -0.129. The molecule has 0 aliphatic carbocycles. The minimum Gasteiger partial charge on any atom is -0.307 e. The zero-order valence-corrected chi connectivity index (χ0v) is 10.7. The van der Waals surface area contributed by atoms with E-state index in [0.717, 1.165) is 17.0 Å². The van der Waals surface area contributed by atoms with Gasteiger partial charge in [0, 0.05) is 13.1 Å². The van der Waals surface area contributed by atoms with Crippen molar-refractivity contribution in [1.29, 1.82) is 0 Å². The molecule has 5 heteroatoms. The van der Waals surface area contributed by atoms with E-state index in [1.165, 1.54) is 0 Å². The van der Waals surface area contributed by atoms with Crippen LogP contribution in [-0.2, 0) is 13.1 Å². The fourth-order valence-corrected chi connectivity index (χ4v) is 1.87. The highest BCUT2D eigenvalue weighted by molar-refractivity contribution is 5.30. The number of nitrogens with zero attached hydrogens (tertiary/aromatic N) is 2. The Bertz CT molecular complexity index is 528. The van der Waals surface area contributed by atoms with Crippen LogP contribution in [0.1, 0.15) is 28.1 Å². The van der Waals surface area contributed by atoms with E-state index >= 15 is 0 Å². The average molecular weight is 249 g/mol. The topological polar surface area (TPSA) is 51.0 Å².